The van der Waals surface area contributed by atoms with E-state index in [0.29, 0.717) is 22.3 Å². The second kappa shape index (κ2) is 7.42. The minimum atomic E-state index is -0.338. The van der Waals surface area contributed by atoms with Gasteiger partial charge in [-0.05, 0) is 42.1 Å². The molecule has 4 nitrogen and oxygen atoms in total. The molecule has 1 amide bonds. The van der Waals surface area contributed by atoms with E-state index in [1.54, 1.807) is 6.08 Å². The lowest BCUT2D eigenvalue weighted by Crippen LogP contribution is -2.01. The predicted octanol–water partition coefficient (Wildman–Crippen LogP) is 4.61. The molecule has 0 spiro atoms. The van der Waals surface area contributed by atoms with Crippen LogP contribution in [0.15, 0.2) is 56.8 Å². The third-order valence-corrected chi connectivity index (χ3v) is 4.91. The van der Waals surface area contributed by atoms with Crippen LogP contribution in [0.5, 0.6) is 5.75 Å². The maximum atomic E-state index is 11.8. The van der Waals surface area contributed by atoms with Gasteiger partial charge in [-0.15, -0.1) is 0 Å². The molecule has 1 aliphatic heterocycles. The minimum Gasteiger partial charge on any atom is -0.488 e. The fourth-order valence-electron chi connectivity index (χ4n) is 2.10. The molecule has 0 saturated heterocycles. The number of carbonyl (C=O) groups is 1. The molecule has 7 heteroatoms. The number of ether oxygens (including phenoxy) is 1. The van der Waals surface area contributed by atoms with Crippen molar-refractivity contribution in [1.82, 2.24) is 0 Å². The van der Waals surface area contributed by atoms with Crippen LogP contribution in [0.25, 0.3) is 6.08 Å². The number of amidine groups is 1. The summed E-state index contributed by atoms with van der Waals surface area (Å²) in [5.74, 6) is 0.305. The molecule has 2 aromatic rings. The summed E-state index contributed by atoms with van der Waals surface area (Å²) < 4.78 is 6.77. The standard InChI is InChI=1S/C17H12BrClN2O2S/c18-12-5-6-14(23-9-10-3-1-2-4-13(10)19)11(7-12)8-15-16(22)21-17(20)24-15/h1-8H,9H2,(H2,20,21,22)/b15-8+. The average molecular weight is 424 g/mol. The van der Waals surface area contributed by atoms with Gasteiger partial charge in [0.15, 0.2) is 5.17 Å². The van der Waals surface area contributed by atoms with Gasteiger partial charge >= 0.3 is 0 Å². The van der Waals surface area contributed by atoms with E-state index in [0.717, 1.165) is 27.4 Å². The third kappa shape index (κ3) is 4.01. The Bertz CT molecular complexity index is 867. The van der Waals surface area contributed by atoms with E-state index in [1.807, 2.05) is 42.5 Å². The Balaban J connectivity index is 1.85. The zero-order valence-electron chi connectivity index (χ0n) is 12.3. The second-order valence-corrected chi connectivity index (χ2v) is 7.31. The smallest absolute Gasteiger partial charge is 0.286 e. The molecule has 3 rings (SSSR count). The number of nitrogens with zero attached hydrogens (tertiary/aromatic N) is 1. The highest BCUT2D eigenvalue weighted by Crippen LogP contribution is 2.32. The van der Waals surface area contributed by atoms with E-state index in [9.17, 15) is 4.79 Å². The SMILES string of the molecule is NC1=NC(=O)/C(=C\c2cc(Br)ccc2OCc2ccccc2Cl)S1. The highest BCUT2D eigenvalue weighted by Gasteiger charge is 2.20. The summed E-state index contributed by atoms with van der Waals surface area (Å²) >= 11 is 10.7. The van der Waals surface area contributed by atoms with Crippen molar-refractivity contribution in [3.8, 4) is 5.75 Å². The van der Waals surface area contributed by atoms with Crippen LogP contribution in [0.4, 0.5) is 0 Å². The van der Waals surface area contributed by atoms with Gasteiger partial charge in [0.1, 0.15) is 12.4 Å². The first-order chi connectivity index (χ1) is 11.5. The Labute approximate surface area is 156 Å². The molecule has 24 heavy (non-hydrogen) atoms. The largest absolute Gasteiger partial charge is 0.488 e. The normalized spacial score (nSPS) is 15.7. The molecule has 2 aromatic carbocycles. The number of hydrogen-bond acceptors (Lipinski definition) is 4. The maximum Gasteiger partial charge on any atom is 0.286 e. The summed E-state index contributed by atoms with van der Waals surface area (Å²) in [7, 11) is 0. The average Bonchev–Trinajstić information content (AvgIpc) is 2.85. The van der Waals surface area contributed by atoms with Crippen molar-refractivity contribution in [2.45, 2.75) is 6.61 Å². The van der Waals surface area contributed by atoms with Crippen LogP contribution in [-0.2, 0) is 11.4 Å². The lowest BCUT2D eigenvalue weighted by molar-refractivity contribution is -0.113. The van der Waals surface area contributed by atoms with Crippen LogP contribution in [0.3, 0.4) is 0 Å². The van der Waals surface area contributed by atoms with Gasteiger partial charge in [0, 0.05) is 20.6 Å². The molecule has 2 N–H and O–H groups in total. The van der Waals surface area contributed by atoms with Crippen molar-refractivity contribution in [2.24, 2.45) is 10.7 Å². The topological polar surface area (TPSA) is 64.7 Å². The minimum absolute atomic E-state index is 0.250. The highest BCUT2D eigenvalue weighted by molar-refractivity contribution is 9.10. The van der Waals surface area contributed by atoms with Gasteiger partial charge in [-0.2, -0.15) is 4.99 Å². The molecule has 0 fully saturated rings. The van der Waals surface area contributed by atoms with Gasteiger partial charge in [-0.3, -0.25) is 4.79 Å². The zero-order chi connectivity index (χ0) is 17.1. The van der Waals surface area contributed by atoms with E-state index in [1.165, 1.54) is 0 Å². The van der Waals surface area contributed by atoms with Crippen LogP contribution < -0.4 is 10.5 Å². The second-order valence-electron chi connectivity index (χ2n) is 4.93. The molecule has 0 radical (unpaired) electrons. The predicted molar refractivity (Wildman–Crippen MR) is 102 cm³/mol. The Morgan fingerprint density at radius 1 is 1.29 bits per heavy atom. The van der Waals surface area contributed by atoms with Crippen LogP contribution in [0, 0.1) is 0 Å². The van der Waals surface area contributed by atoms with E-state index in [4.69, 9.17) is 22.1 Å². The van der Waals surface area contributed by atoms with Gasteiger partial charge in [0.2, 0.25) is 0 Å². The maximum absolute atomic E-state index is 11.8. The van der Waals surface area contributed by atoms with Crippen molar-refractivity contribution in [3.05, 3.63) is 68.0 Å². The molecule has 0 saturated carbocycles. The molecule has 1 heterocycles. The molecular formula is C17H12BrClN2O2S. The van der Waals surface area contributed by atoms with Crippen LogP contribution in [0.2, 0.25) is 5.02 Å². The number of thioether (sulfide) groups is 1. The number of halogens is 2. The van der Waals surface area contributed by atoms with Gasteiger partial charge in [0.25, 0.3) is 5.91 Å². The summed E-state index contributed by atoms with van der Waals surface area (Å²) in [5.41, 5.74) is 7.23. The number of amides is 1. The van der Waals surface area contributed by atoms with Crippen molar-refractivity contribution >= 4 is 56.4 Å². The molecule has 0 unspecified atom stereocenters. The first-order valence-electron chi connectivity index (χ1n) is 6.97. The first-order valence-corrected chi connectivity index (χ1v) is 8.95. The Hall–Kier alpha value is -1.76. The summed E-state index contributed by atoms with van der Waals surface area (Å²) in [6, 6.07) is 13.1. The summed E-state index contributed by atoms with van der Waals surface area (Å²) in [6.45, 7) is 0.331. The first kappa shape index (κ1) is 17.1. The van der Waals surface area contributed by atoms with E-state index in [-0.39, 0.29) is 11.1 Å². The number of rotatable bonds is 4. The fraction of sp³-hybridized carbons (Fsp3) is 0.0588. The summed E-state index contributed by atoms with van der Waals surface area (Å²) in [5, 5.41) is 0.900. The number of benzene rings is 2. The van der Waals surface area contributed by atoms with Crippen LogP contribution in [0.1, 0.15) is 11.1 Å². The van der Waals surface area contributed by atoms with Crippen LogP contribution >= 0.6 is 39.3 Å². The van der Waals surface area contributed by atoms with Gasteiger partial charge in [-0.25, -0.2) is 0 Å². The van der Waals surface area contributed by atoms with E-state index >= 15 is 0 Å². The highest BCUT2D eigenvalue weighted by atomic mass is 79.9. The van der Waals surface area contributed by atoms with E-state index in [2.05, 4.69) is 20.9 Å². The van der Waals surface area contributed by atoms with Crippen molar-refractivity contribution in [3.63, 3.8) is 0 Å². The number of carbonyl (C=O) groups excluding carboxylic acids is 1. The lowest BCUT2D eigenvalue weighted by atomic mass is 10.2. The Morgan fingerprint density at radius 2 is 2.08 bits per heavy atom. The molecule has 0 atom stereocenters. The lowest BCUT2D eigenvalue weighted by Gasteiger charge is -2.11. The quantitative estimate of drug-likeness (QED) is 0.729. The van der Waals surface area contributed by atoms with Gasteiger partial charge in [-0.1, -0.05) is 45.7 Å². The zero-order valence-corrected chi connectivity index (χ0v) is 15.5. The fourth-order valence-corrected chi connectivity index (χ4v) is 3.34. The number of nitrogens with two attached hydrogens (primary N) is 1. The van der Waals surface area contributed by atoms with Crippen LogP contribution in [-0.4, -0.2) is 11.1 Å². The molecule has 0 bridgehead atoms. The Morgan fingerprint density at radius 3 is 2.79 bits per heavy atom. The molecule has 0 aromatic heterocycles. The molecule has 122 valence electrons. The van der Waals surface area contributed by atoms with Crippen molar-refractivity contribution in [1.29, 1.82) is 0 Å². The molecular weight excluding hydrogens is 412 g/mol. The van der Waals surface area contributed by atoms with Gasteiger partial charge < -0.3 is 10.5 Å². The summed E-state index contributed by atoms with van der Waals surface area (Å²) in [6.07, 6.45) is 1.73. The van der Waals surface area contributed by atoms with Crippen molar-refractivity contribution < 1.29 is 9.53 Å². The third-order valence-electron chi connectivity index (χ3n) is 3.24. The number of aliphatic imine (C=N–C) groups is 1. The molecule has 1 aliphatic rings. The van der Waals surface area contributed by atoms with Gasteiger partial charge in [0.05, 0.1) is 4.91 Å². The number of hydrogen-bond donors (Lipinski definition) is 1. The monoisotopic (exact) mass is 422 g/mol. The molecule has 0 aliphatic carbocycles. The Kier molecular flexibility index (Phi) is 5.28. The summed E-state index contributed by atoms with van der Waals surface area (Å²) in [4.78, 5) is 16.0. The van der Waals surface area contributed by atoms with E-state index < -0.39 is 0 Å². The van der Waals surface area contributed by atoms with Crippen molar-refractivity contribution in [2.75, 3.05) is 0 Å².